The predicted octanol–water partition coefficient (Wildman–Crippen LogP) is -1.39. The van der Waals surface area contributed by atoms with Gasteiger partial charge in [-0.1, -0.05) is 30.3 Å². The van der Waals surface area contributed by atoms with Crippen molar-refractivity contribution in [2.45, 2.75) is 0 Å². The minimum atomic E-state index is 0. The molecule has 0 aliphatic rings. The Bertz CT molecular complexity index is 198. The van der Waals surface area contributed by atoms with Crippen LogP contribution in [0, 0.1) is 5.21 Å². The molecule has 0 heterocycles. The number of nitrogens with zero attached hydrogens (tertiary/aromatic N) is 1. The minimum Gasteiger partial charge on any atom is -0.792 e. The van der Waals surface area contributed by atoms with E-state index in [1.165, 1.54) is 6.21 Å². The molecule has 0 saturated heterocycles. The molecular weight excluding hydrogens is 137 g/mol. The third kappa shape index (κ3) is 3.01. The maximum Gasteiger partial charge on any atom is 1.00 e. The van der Waals surface area contributed by atoms with E-state index >= 15 is 0 Å². The minimum absolute atomic E-state index is 0. The molecule has 1 rings (SSSR count). The molecule has 0 aromatic heterocycles. The van der Waals surface area contributed by atoms with E-state index in [1.54, 1.807) is 0 Å². The molecule has 0 aliphatic carbocycles. The molecule has 0 fully saturated rings. The Labute approximate surface area is 81.9 Å². The predicted molar refractivity (Wildman–Crippen MR) is 37.4 cm³/mol. The Morgan fingerprint density at radius 1 is 1.20 bits per heavy atom. The number of rotatable bonds is 1. The maximum absolute atomic E-state index is 9.67. The smallest absolute Gasteiger partial charge is 0.792 e. The van der Waals surface area contributed by atoms with Crippen LogP contribution < -0.4 is 29.6 Å². The number of benzene rings is 1. The molecule has 0 atom stereocenters. The first kappa shape index (κ1) is 9.69. The van der Waals surface area contributed by atoms with Crippen molar-refractivity contribution in [2.75, 3.05) is 0 Å². The van der Waals surface area contributed by atoms with Crippen LogP contribution in [0.4, 0.5) is 0 Å². The van der Waals surface area contributed by atoms with E-state index in [0.29, 0.717) is 0 Å². The Morgan fingerprint density at radius 2 is 1.80 bits per heavy atom. The molecule has 0 radical (unpaired) electrons. The monoisotopic (exact) mass is 143 g/mol. The van der Waals surface area contributed by atoms with E-state index in [1.807, 2.05) is 30.3 Å². The van der Waals surface area contributed by atoms with Gasteiger partial charge in [0.25, 0.3) is 0 Å². The molecule has 0 bridgehead atoms. The summed E-state index contributed by atoms with van der Waals surface area (Å²) in [7, 11) is 0. The second-order valence-electron chi connectivity index (χ2n) is 1.65. The summed E-state index contributed by atoms with van der Waals surface area (Å²) in [4.78, 5) is 0. The van der Waals surface area contributed by atoms with Crippen LogP contribution in [-0.2, 0) is 0 Å². The van der Waals surface area contributed by atoms with Crippen LogP contribution in [0.1, 0.15) is 5.56 Å². The van der Waals surface area contributed by atoms with Gasteiger partial charge in [-0.3, -0.25) is 0 Å². The van der Waals surface area contributed by atoms with E-state index < -0.39 is 0 Å². The van der Waals surface area contributed by atoms with Gasteiger partial charge < -0.3 is 10.4 Å². The van der Waals surface area contributed by atoms with Gasteiger partial charge in [-0.05, 0) is 5.56 Å². The van der Waals surface area contributed by atoms with Gasteiger partial charge in [0.05, 0.1) is 0 Å². The SMILES string of the molecule is [Na+].[O-]N=Cc1ccccc1. The Kier molecular flexibility index (Phi) is 5.30. The largest absolute Gasteiger partial charge is 1.00 e. The van der Waals surface area contributed by atoms with Gasteiger partial charge in [0.15, 0.2) is 0 Å². The molecule has 1 aromatic carbocycles. The van der Waals surface area contributed by atoms with Gasteiger partial charge in [-0.2, -0.15) is 0 Å². The summed E-state index contributed by atoms with van der Waals surface area (Å²) in [5, 5.41) is 12.3. The average molecular weight is 143 g/mol. The van der Waals surface area contributed by atoms with Crippen molar-refractivity contribution in [1.29, 1.82) is 0 Å². The van der Waals surface area contributed by atoms with E-state index in [-0.39, 0.29) is 29.6 Å². The molecule has 0 unspecified atom stereocenters. The summed E-state index contributed by atoms with van der Waals surface area (Å²) >= 11 is 0. The van der Waals surface area contributed by atoms with E-state index in [4.69, 9.17) is 0 Å². The summed E-state index contributed by atoms with van der Waals surface area (Å²) in [5.74, 6) is 0. The van der Waals surface area contributed by atoms with Crippen LogP contribution in [-0.4, -0.2) is 6.21 Å². The summed E-state index contributed by atoms with van der Waals surface area (Å²) in [5.41, 5.74) is 0.840. The number of hydrogen-bond donors (Lipinski definition) is 0. The summed E-state index contributed by atoms with van der Waals surface area (Å²) in [6.07, 6.45) is 1.28. The summed E-state index contributed by atoms with van der Waals surface area (Å²) in [6.45, 7) is 0. The molecule has 0 N–H and O–H groups in total. The zero-order chi connectivity index (χ0) is 6.53. The standard InChI is InChI=1S/C7H7NO.Na/c9-8-6-7-4-2-1-3-5-7;/h1-6,9H;/q;+1/p-1. The van der Waals surface area contributed by atoms with Crippen LogP contribution in [0.15, 0.2) is 35.5 Å². The van der Waals surface area contributed by atoms with Crippen molar-refractivity contribution in [3.63, 3.8) is 0 Å². The van der Waals surface area contributed by atoms with Crippen molar-refractivity contribution in [3.05, 3.63) is 41.1 Å². The Morgan fingerprint density at radius 3 is 2.30 bits per heavy atom. The van der Waals surface area contributed by atoms with Crippen LogP contribution in [0.5, 0.6) is 0 Å². The fourth-order valence-corrected chi connectivity index (χ4v) is 0.600. The van der Waals surface area contributed by atoms with Crippen LogP contribution in [0.2, 0.25) is 0 Å². The third-order valence-corrected chi connectivity index (χ3v) is 1.00. The van der Waals surface area contributed by atoms with Crippen LogP contribution in [0.25, 0.3) is 0 Å². The van der Waals surface area contributed by atoms with Crippen molar-refractivity contribution in [1.82, 2.24) is 0 Å². The van der Waals surface area contributed by atoms with Gasteiger partial charge in [-0.15, -0.1) is 0 Å². The van der Waals surface area contributed by atoms with E-state index in [2.05, 4.69) is 5.16 Å². The Balaban J connectivity index is 0.000000810. The molecule has 46 valence electrons. The van der Waals surface area contributed by atoms with E-state index in [0.717, 1.165) is 5.56 Å². The van der Waals surface area contributed by atoms with Crippen molar-refractivity contribution in [3.8, 4) is 0 Å². The van der Waals surface area contributed by atoms with Gasteiger partial charge >= 0.3 is 29.6 Å². The Hall–Kier alpha value is -0.310. The van der Waals surface area contributed by atoms with Crippen LogP contribution in [0.3, 0.4) is 0 Å². The molecule has 0 spiro atoms. The first-order chi connectivity index (χ1) is 4.43. The second-order valence-corrected chi connectivity index (χ2v) is 1.65. The zero-order valence-corrected chi connectivity index (χ0v) is 7.82. The van der Waals surface area contributed by atoms with Gasteiger partial charge in [0, 0.05) is 6.21 Å². The summed E-state index contributed by atoms with van der Waals surface area (Å²) in [6, 6.07) is 9.25. The van der Waals surface area contributed by atoms with Crippen molar-refractivity contribution < 1.29 is 29.6 Å². The molecule has 0 aliphatic heterocycles. The fourth-order valence-electron chi connectivity index (χ4n) is 0.600. The molecule has 10 heavy (non-hydrogen) atoms. The maximum atomic E-state index is 9.67. The topological polar surface area (TPSA) is 35.4 Å². The van der Waals surface area contributed by atoms with Crippen molar-refractivity contribution >= 4 is 6.21 Å². The quantitative estimate of drug-likeness (QED) is 0.271. The zero-order valence-electron chi connectivity index (χ0n) is 5.82. The molecule has 2 nitrogen and oxygen atoms in total. The number of hydrogen-bond acceptors (Lipinski definition) is 2. The fraction of sp³-hybridized carbons (Fsp3) is 0. The molecule has 1 aromatic rings. The average Bonchev–Trinajstić information content (AvgIpc) is 1.91. The summed E-state index contributed by atoms with van der Waals surface area (Å²) < 4.78 is 0. The molecule has 0 amide bonds. The van der Waals surface area contributed by atoms with Crippen LogP contribution >= 0.6 is 0 Å². The molecule has 0 saturated carbocycles. The molecular formula is C7H6NNaO. The normalized spacial score (nSPS) is 9.20. The molecule has 3 heteroatoms. The second kappa shape index (κ2) is 5.47. The van der Waals surface area contributed by atoms with Gasteiger partial charge in [0.2, 0.25) is 0 Å². The van der Waals surface area contributed by atoms with Gasteiger partial charge in [0.1, 0.15) is 0 Å². The first-order valence-electron chi connectivity index (χ1n) is 2.64. The van der Waals surface area contributed by atoms with Gasteiger partial charge in [-0.25, -0.2) is 0 Å². The van der Waals surface area contributed by atoms with Crippen molar-refractivity contribution in [2.24, 2.45) is 5.16 Å². The first-order valence-corrected chi connectivity index (χ1v) is 2.64. The third-order valence-electron chi connectivity index (χ3n) is 1.00. The van der Waals surface area contributed by atoms with E-state index in [9.17, 15) is 5.21 Å².